The maximum Gasteiger partial charge on any atom is 0.234 e. The fourth-order valence-corrected chi connectivity index (χ4v) is 3.70. The van der Waals surface area contributed by atoms with Crippen LogP contribution < -0.4 is 14.8 Å². The van der Waals surface area contributed by atoms with Crippen molar-refractivity contribution in [3.05, 3.63) is 73.1 Å². The summed E-state index contributed by atoms with van der Waals surface area (Å²) in [5.74, 6) is 2.14. The Hall–Kier alpha value is -3.26. The van der Waals surface area contributed by atoms with E-state index in [-0.39, 0.29) is 17.8 Å². The Bertz CT molecular complexity index is 1010. The molecular weight excluding hydrogens is 388 g/mol. The van der Waals surface area contributed by atoms with Crippen LogP contribution in [-0.4, -0.2) is 33.0 Å². The van der Waals surface area contributed by atoms with E-state index < -0.39 is 0 Å². The van der Waals surface area contributed by atoms with Gasteiger partial charge >= 0.3 is 0 Å². The normalized spacial score (nSPS) is 15.0. The summed E-state index contributed by atoms with van der Waals surface area (Å²) in [6.45, 7) is 4.66. The quantitative estimate of drug-likeness (QED) is 0.474. The lowest BCUT2D eigenvalue weighted by Gasteiger charge is -2.26. The van der Waals surface area contributed by atoms with E-state index in [1.54, 1.807) is 6.08 Å². The first-order valence-electron chi connectivity index (χ1n) is 9.15. The SMILES string of the molecule is C=CCn1c(SCC(=O)Nc2ccccc2)nnc1[C@H]1COc2ccccc2O1. The number of aromatic nitrogens is 3. The monoisotopic (exact) mass is 408 g/mol. The second-order valence-corrected chi connectivity index (χ2v) is 7.25. The second-order valence-electron chi connectivity index (χ2n) is 6.31. The summed E-state index contributed by atoms with van der Waals surface area (Å²) in [4.78, 5) is 12.2. The zero-order valence-electron chi connectivity index (χ0n) is 15.7. The Morgan fingerprint density at radius 1 is 1.17 bits per heavy atom. The third-order valence-electron chi connectivity index (χ3n) is 4.24. The molecule has 148 valence electrons. The van der Waals surface area contributed by atoms with E-state index in [0.717, 1.165) is 5.69 Å². The van der Waals surface area contributed by atoms with Crippen molar-refractivity contribution < 1.29 is 14.3 Å². The summed E-state index contributed by atoms with van der Waals surface area (Å²) in [5.41, 5.74) is 0.762. The van der Waals surface area contributed by atoms with Crippen molar-refractivity contribution in [1.29, 1.82) is 0 Å². The first-order chi connectivity index (χ1) is 14.2. The molecule has 1 aromatic heterocycles. The van der Waals surface area contributed by atoms with Gasteiger partial charge in [-0.1, -0.05) is 48.2 Å². The van der Waals surface area contributed by atoms with Crippen LogP contribution in [-0.2, 0) is 11.3 Å². The van der Waals surface area contributed by atoms with Crippen molar-refractivity contribution in [1.82, 2.24) is 14.8 Å². The maximum absolute atomic E-state index is 12.2. The van der Waals surface area contributed by atoms with Gasteiger partial charge in [-0.3, -0.25) is 9.36 Å². The predicted octanol–water partition coefficient (Wildman–Crippen LogP) is 3.71. The van der Waals surface area contributed by atoms with E-state index in [9.17, 15) is 4.79 Å². The Labute approximate surface area is 172 Å². The minimum atomic E-state index is -0.384. The Morgan fingerprint density at radius 2 is 1.93 bits per heavy atom. The molecule has 2 aromatic carbocycles. The van der Waals surface area contributed by atoms with Gasteiger partial charge in [-0.15, -0.1) is 16.8 Å². The number of amides is 1. The molecule has 2 heterocycles. The third-order valence-corrected chi connectivity index (χ3v) is 5.21. The number of benzene rings is 2. The molecule has 0 spiro atoms. The number of rotatable bonds is 7. The van der Waals surface area contributed by atoms with Crippen LogP contribution in [0.15, 0.2) is 72.4 Å². The van der Waals surface area contributed by atoms with Crippen molar-refractivity contribution in [2.75, 3.05) is 17.7 Å². The topological polar surface area (TPSA) is 78.3 Å². The lowest BCUT2D eigenvalue weighted by atomic mass is 10.2. The third kappa shape index (κ3) is 4.43. The van der Waals surface area contributed by atoms with E-state index in [1.807, 2.05) is 59.2 Å². The first-order valence-corrected chi connectivity index (χ1v) is 10.1. The van der Waals surface area contributed by atoms with E-state index >= 15 is 0 Å². The van der Waals surface area contributed by atoms with Crippen LogP contribution in [0.25, 0.3) is 0 Å². The van der Waals surface area contributed by atoms with Crippen molar-refractivity contribution in [3.63, 3.8) is 0 Å². The number of thioether (sulfide) groups is 1. The molecule has 0 bridgehead atoms. The molecule has 1 aliphatic rings. The van der Waals surface area contributed by atoms with Gasteiger partial charge in [-0.05, 0) is 24.3 Å². The molecule has 29 heavy (non-hydrogen) atoms. The van der Waals surface area contributed by atoms with Crippen molar-refractivity contribution in [2.24, 2.45) is 0 Å². The van der Waals surface area contributed by atoms with Crippen molar-refractivity contribution in [2.45, 2.75) is 17.8 Å². The first kappa shape index (κ1) is 19.1. The molecule has 7 nitrogen and oxygen atoms in total. The molecule has 0 unspecified atom stereocenters. The molecule has 0 fully saturated rings. The standard InChI is InChI=1S/C21H20N4O3S/c1-2-12-25-20(18-13-27-16-10-6-7-11-17(16)28-18)23-24-21(25)29-14-19(26)22-15-8-4-3-5-9-15/h2-11,18H,1,12-14H2,(H,22,26)/t18-/m1/s1. The van der Waals surface area contributed by atoms with Crippen LogP contribution in [0.2, 0.25) is 0 Å². The number of nitrogens with one attached hydrogen (secondary N) is 1. The fraction of sp³-hybridized carbons (Fsp3) is 0.190. The largest absolute Gasteiger partial charge is 0.485 e. The molecule has 8 heteroatoms. The van der Waals surface area contributed by atoms with Gasteiger partial charge in [0.2, 0.25) is 5.91 Å². The summed E-state index contributed by atoms with van der Waals surface area (Å²) >= 11 is 1.32. The number of hydrogen-bond donors (Lipinski definition) is 1. The minimum absolute atomic E-state index is 0.109. The van der Waals surface area contributed by atoms with Crippen molar-refractivity contribution in [3.8, 4) is 11.5 Å². The molecule has 0 saturated heterocycles. The summed E-state index contributed by atoms with van der Waals surface area (Å²) in [6.07, 6.45) is 1.38. The number of anilines is 1. The highest BCUT2D eigenvalue weighted by atomic mass is 32.2. The van der Waals surface area contributed by atoms with Crippen LogP contribution in [0, 0.1) is 0 Å². The number of ether oxygens (including phenoxy) is 2. The molecule has 1 amide bonds. The molecule has 4 rings (SSSR count). The van der Waals surface area contributed by atoms with Crippen LogP contribution in [0.1, 0.15) is 11.9 Å². The molecule has 1 atom stereocenters. The zero-order valence-corrected chi connectivity index (χ0v) is 16.5. The highest BCUT2D eigenvalue weighted by Crippen LogP contribution is 2.36. The highest BCUT2D eigenvalue weighted by Gasteiger charge is 2.28. The van der Waals surface area contributed by atoms with E-state index in [4.69, 9.17) is 9.47 Å². The van der Waals surface area contributed by atoms with E-state index in [0.29, 0.717) is 35.6 Å². The Kier molecular flexibility index (Phi) is 5.81. The number of allylic oxidation sites excluding steroid dienone is 1. The molecule has 0 radical (unpaired) electrons. The minimum Gasteiger partial charge on any atom is -0.485 e. The maximum atomic E-state index is 12.2. The summed E-state index contributed by atoms with van der Waals surface area (Å²) < 4.78 is 13.7. The Balaban J connectivity index is 1.45. The average molecular weight is 408 g/mol. The lowest BCUT2D eigenvalue weighted by molar-refractivity contribution is -0.113. The molecule has 0 aliphatic carbocycles. The van der Waals surface area contributed by atoms with Crippen molar-refractivity contribution >= 4 is 23.4 Å². The van der Waals surface area contributed by atoms with Gasteiger partial charge in [0.25, 0.3) is 0 Å². The summed E-state index contributed by atoms with van der Waals surface area (Å²) in [7, 11) is 0. The number of carbonyl (C=O) groups is 1. The molecule has 3 aromatic rings. The van der Waals surface area contributed by atoms with Gasteiger partial charge in [-0.2, -0.15) is 0 Å². The number of carbonyl (C=O) groups excluding carboxylic acids is 1. The number of para-hydroxylation sites is 3. The second kappa shape index (κ2) is 8.83. The summed E-state index contributed by atoms with van der Waals surface area (Å²) in [5, 5.41) is 12.1. The summed E-state index contributed by atoms with van der Waals surface area (Å²) in [6, 6.07) is 16.9. The van der Waals surface area contributed by atoms with Crippen LogP contribution in [0.5, 0.6) is 11.5 Å². The Morgan fingerprint density at radius 3 is 2.72 bits per heavy atom. The van der Waals surface area contributed by atoms with Crippen LogP contribution in [0.4, 0.5) is 5.69 Å². The average Bonchev–Trinajstić information content (AvgIpc) is 3.15. The number of fused-ring (bicyclic) bond motifs is 1. The fourth-order valence-electron chi connectivity index (χ4n) is 2.94. The number of hydrogen-bond acceptors (Lipinski definition) is 6. The number of nitrogens with zero attached hydrogens (tertiary/aromatic N) is 3. The molecule has 0 saturated carbocycles. The molecular formula is C21H20N4O3S. The van der Waals surface area contributed by atoms with Gasteiger partial charge < -0.3 is 14.8 Å². The van der Waals surface area contributed by atoms with Crippen LogP contribution in [0.3, 0.4) is 0 Å². The van der Waals surface area contributed by atoms with Gasteiger partial charge in [0.05, 0.1) is 5.75 Å². The van der Waals surface area contributed by atoms with Gasteiger partial charge in [0, 0.05) is 12.2 Å². The molecule has 1 N–H and O–H groups in total. The van der Waals surface area contributed by atoms with E-state index in [1.165, 1.54) is 11.8 Å². The van der Waals surface area contributed by atoms with E-state index in [2.05, 4.69) is 22.1 Å². The van der Waals surface area contributed by atoms with Gasteiger partial charge in [0.1, 0.15) is 6.61 Å². The molecule has 1 aliphatic heterocycles. The highest BCUT2D eigenvalue weighted by molar-refractivity contribution is 7.99. The van der Waals surface area contributed by atoms with Crippen LogP contribution >= 0.6 is 11.8 Å². The lowest BCUT2D eigenvalue weighted by Crippen LogP contribution is -2.25. The predicted molar refractivity (Wildman–Crippen MR) is 111 cm³/mol. The smallest absolute Gasteiger partial charge is 0.234 e. The van der Waals surface area contributed by atoms with Gasteiger partial charge in [0.15, 0.2) is 28.6 Å². The van der Waals surface area contributed by atoms with Gasteiger partial charge in [-0.25, -0.2) is 0 Å². The zero-order chi connectivity index (χ0) is 20.1.